The monoisotopic (exact) mass is 241 g/mol. The van der Waals surface area contributed by atoms with Crippen molar-refractivity contribution in [2.75, 3.05) is 13.1 Å². The Morgan fingerprint density at radius 3 is 2.76 bits per heavy atom. The number of β-amino-alcohol motifs (C(OH)–C–C–N with tert-alkyl or cyclic N) is 1. The second-order valence-corrected chi connectivity index (χ2v) is 5.92. The quantitative estimate of drug-likeness (QED) is 0.779. The van der Waals surface area contributed by atoms with Gasteiger partial charge in [0.1, 0.15) is 6.04 Å². The van der Waals surface area contributed by atoms with Gasteiger partial charge in [-0.25, -0.2) is 0 Å². The van der Waals surface area contributed by atoms with Crippen LogP contribution >= 0.6 is 0 Å². The van der Waals surface area contributed by atoms with Gasteiger partial charge in [0.05, 0.1) is 5.60 Å². The van der Waals surface area contributed by atoms with Gasteiger partial charge in [-0.15, -0.1) is 0 Å². The standard InChI is InChI=1S/C13H23NO3/c1-3-13(2,17)8-14-7-9-5-4-6-10(9)11(14)12(15)16/h9-11,17H,3-8H2,1-2H3,(H,15,16). The maximum atomic E-state index is 11.4. The highest BCUT2D eigenvalue weighted by molar-refractivity contribution is 5.74. The first-order valence-electron chi connectivity index (χ1n) is 6.64. The third-order valence-corrected chi connectivity index (χ3v) is 4.54. The molecule has 0 aromatic carbocycles. The van der Waals surface area contributed by atoms with Crippen molar-refractivity contribution in [2.45, 2.75) is 51.2 Å². The molecule has 2 aliphatic rings. The van der Waals surface area contributed by atoms with Gasteiger partial charge in [-0.05, 0) is 38.0 Å². The first-order valence-corrected chi connectivity index (χ1v) is 6.64. The maximum Gasteiger partial charge on any atom is 0.321 e. The number of fused-ring (bicyclic) bond motifs is 1. The van der Waals surface area contributed by atoms with E-state index in [1.54, 1.807) is 6.92 Å². The zero-order valence-corrected chi connectivity index (χ0v) is 10.7. The smallest absolute Gasteiger partial charge is 0.321 e. The Bertz CT molecular complexity index is 303. The third kappa shape index (κ3) is 2.47. The Balaban J connectivity index is 2.09. The zero-order chi connectivity index (χ0) is 12.6. The number of carboxylic acids is 1. The van der Waals surface area contributed by atoms with Crippen LogP contribution in [0, 0.1) is 11.8 Å². The van der Waals surface area contributed by atoms with Crippen molar-refractivity contribution >= 4 is 5.97 Å². The molecule has 0 aromatic heterocycles. The van der Waals surface area contributed by atoms with E-state index in [0.717, 1.165) is 25.8 Å². The lowest BCUT2D eigenvalue weighted by Crippen LogP contribution is -2.47. The van der Waals surface area contributed by atoms with Gasteiger partial charge in [0, 0.05) is 13.1 Å². The van der Waals surface area contributed by atoms with Gasteiger partial charge in [0.15, 0.2) is 0 Å². The van der Waals surface area contributed by atoms with Crippen LogP contribution in [-0.2, 0) is 4.79 Å². The Kier molecular flexibility index (Phi) is 3.46. The average molecular weight is 241 g/mol. The zero-order valence-electron chi connectivity index (χ0n) is 10.7. The van der Waals surface area contributed by atoms with Crippen LogP contribution in [0.5, 0.6) is 0 Å². The molecule has 2 fully saturated rings. The van der Waals surface area contributed by atoms with E-state index < -0.39 is 11.6 Å². The molecule has 1 heterocycles. The van der Waals surface area contributed by atoms with E-state index in [1.807, 2.05) is 11.8 Å². The lowest BCUT2D eigenvalue weighted by molar-refractivity contribution is -0.144. The van der Waals surface area contributed by atoms with Crippen molar-refractivity contribution in [1.29, 1.82) is 0 Å². The molecule has 2 rings (SSSR count). The van der Waals surface area contributed by atoms with E-state index in [2.05, 4.69) is 0 Å². The number of carboxylic acid groups (broad SMARTS) is 1. The number of likely N-dealkylation sites (tertiary alicyclic amines) is 1. The van der Waals surface area contributed by atoms with E-state index in [9.17, 15) is 15.0 Å². The number of nitrogens with zero attached hydrogens (tertiary/aromatic N) is 1. The normalized spacial score (nSPS) is 36.8. The number of hydrogen-bond acceptors (Lipinski definition) is 3. The van der Waals surface area contributed by atoms with Crippen LogP contribution < -0.4 is 0 Å². The van der Waals surface area contributed by atoms with Crippen LogP contribution in [0.15, 0.2) is 0 Å². The lowest BCUT2D eigenvalue weighted by atomic mass is 9.94. The van der Waals surface area contributed by atoms with Gasteiger partial charge in [-0.2, -0.15) is 0 Å². The van der Waals surface area contributed by atoms with Gasteiger partial charge < -0.3 is 10.2 Å². The summed E-state index contributed by atoms with van der Waals surface area (Å²) in [5.74, 6) is 0.121. The molecular weight excluding hydrogens is 218 g/mol. The first-order chi connectivity index (χ1) is 7.94. The number of carbonyl (C=O) groups is 1. The molecule has 98 valence electrons. The van der Waals surface area contributed by atoms with E-state index in [0.29, 0.717) is 24.8 Å². The molecule has 17 heavy (non-hydrogen) atoms. The highest BCUT2D eigenvalue weighted by atomic mass is 16.4. The molecule has 2 N–H and O–H groups in total. The van der Waals surface area contributed by atoms with Crippen molar-refractivity contribution < 1.29 is 15.0 Å². The summed E-state index contributed by atoms with van der Waals surface area (Å²) < 4.78 is 0. The van der Waals surface area contributed by atoms with E-state index in [-0.39, 0.29) is 6.04 Å². The summed E-state index contributed by atoms with van der Waals surface area (Å²) in [6.07, 6.45) is 4.01. The molecule has 0 radical (unpaired) electrons. The van der Waals surface area contributed by atoms with Gasteiger partial charge in [-0.3, -0.25) is 9.69 Å². The molecule has 4 unspecified atom stereocenters. The third-order valence-electron chi connectivity index (χ3n) is 4.54. The molecule has 0 spiro atoms. The van der Waals surface area contributed by atoms with Crippen LogP contribution in [0.25, 0.3) is 0 Å². The first kappa shape index (κ1) is 12.8. The molecule has 0 bridgehead atoms. The van der Waals surface area contributed by atoms with Gasteiger partial charge in [-0.1, -0.05) is 13.3 Å². The maximum absolute atomic E-state index is 11.4. The molecule has 0 amide bonds. The van der Waals surface area contributed by atoms with E-state index in [4.69, 9.17) is 0 Å². The summed E-state index contributed by atoms with van der Waals surface area (Å²) in [6.45, 7) is 5.05. The Morgan fingerprint density at radius 1 is 1.47 bits per heavy atom. The number of rotatable bonds is 4. The topological polar surface area (TPSA) is 60.8 Å². The Morgan fingerprint density at radius 2 is 2.18 bits per heavy atom. The van der Waals surface area contributed by atoms with E-state index >= 15 is 0 Å². The van der Waals surface area contributed by atoms with Crippen LogP contribution in [0.3, 0.4) is 0 Å². The summed E-state index contributed by atoms with van der Waals surface area (Å²) in [5.41, 5.74) is -0.771. The summed E-state index contributed by atoms with van der Waals surface area (Å²) in [5, 5.41) is 19.5. The fraction of sp³-hybridized carbons (Fsp3) is 0.923. The number of hydrogen-bond donors (Lipinski definition) is 2. The largest absolute Gasteiger partial charge is 0.480 e. The summed E-state index contributed by atoms with van der Waals surface area (Å²) in [6, 6.07) is -0.375. The van der Waals surface area contributed by atoms with Gasteiger partial charge in [0.25, 0.3) is 0 Å². The van der Waals surface area contributed by atoms with Crippen LogP contribution in [-0.4, -0.2) is 45.8 Å². The fourth-order valence-electron chi connectivity index (χ4n) is 3.44. The molecule has 1 saturated heterocycles. The summed E-state index contributed by atoms with van der Waals surface area (Å²) in [4.78, 5) is 13.4. The second-order valence-electron chi connectivity index (χ2n) is 5.92. The fourth-order valence-corrected chi connectivity index (χ4v) is 3.44. The van der Waals surface area contributed by atoms with Crippen molar-refractivity contribution in [3.8, 4) is 0 Å². The molecule has 1 aliphatic carbocycles. The van der Waals surface area contributed by atoms with Crippen molar-refractivity contribution in [3.05, 3.63) is 0 Å². The molecule has 1 aliphatic heterocycles. The van der Waals surface area contributed by atoms with Gasteiger partial charge in [0.2, 0.25) is 0 Å². The second kappa shape index (κ2) is 4.58. The minimum Gasteiger partial charge on any atom is -0.480 e. The molecule has 0 aromatic rings. The Labute approximate surface area is 103 Å². The lowest BCUT2D eigenvalue weighted by Gasteiger charge is -2.31. The van der Waals surface area contributed by atoms with Crippen LogP contribution in [0.1, 0.15) is 39.5 Å². The highest BCUT2D eigenvalue weighted by Gasteiger charge is 2.48. The molecule has 4 nitrogen and oxygen atoms in total. The predicted octanol–water partition coefficient (Wildman–Crippen LogP) is 1.33. The predicted molar refractivity (Wildman–Crippen MR) is 64.7 cm³/mol. The number of aliphatic hydroxyl groups is 1. The minimum atomic E-state index is -0.771. The molecule has 4 heteroatoms. The Hall–Kier alpha value is -0.610. The number of aliphatic carboxylic acids is 1. The minimum absolute atomic E-state index is 0.306. The SMILES string of the molecule is CCC(C)(O)CN1CC2CCCC2C1C(=O)O. The average Bonchev–Trinajstić information content (AvgIpc) is 2.75. The molecular formula is C13H23NO3. The summed E-state index contributed by atoms with van der Waals surface area (Å²) >= 11 is 0. The van der Waals surface area contributed by atoms with Gasteiger partial charge >= 0.3 is 5.97 Å². The van der Waals surface area contributed by atoms with Crippen LogP contribution in [0.4, 0.5) is 0 Å². The van der Waals surface area contributed by atoms with Crippen molar-refractivity contribution in [1.82, 2.24) is 4.90 Å². The molecule has 1 saturated carbocycles. The highest BCUT2D eigenvalue weighted by Crippen LogP contribution is 2.42. The van der Waals surface area contributed by atoms with Crippen molar-refractivity contribution in [3.63, 3.8) is 0 Å². The van der Waals surface area contributed by atoms with Crippen molar-refractivity contribution in [2.24, 2.45) is 11.8 Å². The molecule has 4 atom stereocenters. The van der Waals surface area contributed by atoms with Crippen LogP contribution in [0.2, 0.25) is 0 Å². The summed E-state index contributed by atoms with van der Waals surface area (Å²) in [7, 11) is 0. The van der Waals surface area contributed by atoms with E-state index in [1.165, 1.54) is 0 Å².